The van der Waals surface area contributed by atoms with Gasteiger partial charge in [-0.05, 0) is 48.4 Å². The normalized spacial score (nSPS) is 17.5. The van der Waals surface area contributed by atoms with E-state index in [-0.39, 0.29) is 23.9 Å². The van der Waals surface area contributed by atoms with Gasteiger partial charge in [-0.25, -0.2) is 4.79 Å². The van der Waals surface area contributed by atoms with Crippen molar-refractivity contribution in [1.82, 2.24) is 4.90 Å². The molecule has 5 nitrogen and oxygen atoms in total. The summed E-state index contributed by atoms with van der Waals surface area (Å²) >= 11 is 13.4. The first-order valence-corrected chi connectivity index (χ1v) is 10.7. The third kappa shape index (κ3) is 5.13. The molecule has 3 rings (SSSR count). The minimum Gasteiger partial charge on any atom is -0.447 e. The van der Waals surface area contributed by atoms with Crippen molar-refractivity contribution < 1.29 is 14.3 Å². The number of anilines is 1. The van der Waals surface area contributed by atoms with Crippen molar-refractivity contribution in [2.24, 2.45) is 0 Å². The lowest BCUT2D eigenvalue weighted by Crippen LogP contribution is -2.41. The van der Waals surface area contributed by atoms with E-state index in [1.807, 2.05) is 36.1 Å². The second-order valence-electron chi connectivity index (χ2n) is 6.31. The number of hydrogen-bond acceptors (Lipinski definition) is 4. The highest BCUT2D eigenvalue weighted by Gasteiger charge is 2.37. The van der Waals surface area contributed by atoms with Crippen LogP contribution in [0.15, 0.2) is 48.5 Å². The van der Waals surface area contributed by atoms with Crippen molar-refractivity contribution in [3.05, 3.63) is 64.1 Å². The van der Waals surface area contributed by atoms with Crippen LogP contribution in [0.3, 0.4) is 0 Å². The van der Waals surface area contributed by atoms with E-state index >= 15 is 0 Å². The summed E-state index contributed by atoms with van der Waals surface area (Å²) < 4.78 is 5.39. The lowest BCUT2D eigenvalue weighted by atomic mass is 10.1. The van der Waals surface area contributed by atoms with Gasteiger partial charge in [0.05, 0.1) is 11.8 Å². The topological polar surface area (TPSA) is 58.6 Å². The second-order valence-corrected chi connectivity index (χ2v) is 8.25. The molecule has 2 aromatic rings. The molecule has 1 heterocycles. The number of nitrogens with one attached hydrogen (secondary N) is 1. The van der Waals surface area contributed by atoms with E-state index in [0.717, 1.165) is 5.56 Å². The van der Waals surface area contributed by atoms with Gasteiger partial charge < -0.3 is 9.64 Å². The Kier molecular flexibility index (Phi) is 7.10. The van der Waals surface area contributed by atoms with Crippen LogP contribution >= 0.6 is 35.0 Å². The number of ether oxygens (including phenoxy) is 1. The van der Waals surface area contributed by atoms with Crippen LogP contribution in [0.5, 0.6) is 0 Å². The quantitative estimate of drug-likeness (QED) is 0.637. The molecule has 1 saturated heterocycles. The second kappa shape index (κ2) is 9.54. The van der Waals surface area contributed by atoms with Gasteiger partial charge in [0.15, 0.2) is 0 Å². The van der Waals surface area contributed by atoms with Crippen LogP contribution in [-0.2, 0) is 9.53 Å². The summed E-state index contributed by atoms with van der Waals surface area (Å²) in [5.41, 5.74) is 1.60. The molecule has 0 aromatic heterocycles. The molecule has 0 radical (unpaired) electrons. The fraction of sp³-hybridized carbons (Fsp3) is 0.300. The van der Waals surface area contributed by atoms with E-state index in [1.165, 1.54) is 0 Å². The van der Waals surface area contributed by atoms with Crippen molar-refractivity contribution in [1.29, 1.82) is 0 Å². The Labute approximate surface area is 178 Å². The summed E-state index contributed by atoms with van der Waals surface area (Å²) in [6.45, 7) is 2.09. The first kappa shape index (κ1) is 20.8. The highest BCUT2D eigenvalue weighted by atomic mass is 35.5. The number of thioether (sulfide) groups is 1. The number of amides is 2. The standard InChI is InChI=1S/C20H20Cl2N2O3S/c1-2-17(11-27-20(26)23-16-9-7-15(22)8-10-16)24-18(25)12-28-19(24)13-3-5-14(21)6-4-13/h3-10,17,19H,2,11-12H2,1H3,(H,23,26)/t17-,19+/m1/s1. The molecule has 0 saturated carbocycles. The van der Waals surface area contributed by atoms with Crippen LogP contribution in [0.25, 0.3) is 0 Å². The maximum atomic E-state index is 12.5. The average Bonchev–Trinajstić information content (AvgIpc) is 3.06. The van der Waals surface area contributed by atoms with Crippen LogP contribution in [0.1, 0.15) is 24.3 Å². The van der Waals surface area contributed by atoms with E-state index in [4.69, 9.17) is 27.9 Å². The number of nitrogens with zero attached hydrogens (tertiary/aromatic N) is 1. The summed E-state index contributed by atoms with van der Waals surface area (Å²) in [5, 5.41) is 3.78. The maximum absolute atomic E-state index is 12.5. The van der Waals surface area contributed by atoms with Crippen LogP contribution in [0.4, 0.5) is 10.5 Å². The zero-order chi connectivity index (χ0) is 20.1. The number of benzene rings is 2. The molecule has 28 heavy (non-hydrogen) atoms. The summed E-state index contributed by atoms with van der Waals surface area (Å²) in [6.07, 6.45) is 0.105. The number of carbonyl (C=O) groups is 2. The summed E-state index contributed by atoms with van der Waals surface area (Å²) in [7, 11) is 0. The Morgan fingerprint density at radius 2 is 1.79 bits per heavy atom. The average molecular weight is 439 g/mol. The molecule has 2 aromatic carbocycles. The summed E-state index contributed by atoms with van der Waals surface area (Å²) in [5.74, 6) is 0.444. The van der Waals surface area contributed by atoms with Gasteiger partial charge in [-0.15, -0.1) is 11.8 Å². The van der Waals surface area contributed by atoms with E-state index in [2.05, 4.69) is 5.32 Å². The third-order valence-corrected chi connectivity index (χ3v) is 6.16. The van der Waals surface area contributed by atoms with Gasteiger partial charge in [0.1, 0.15) is 12.0 Å². The number of carbonyl (C=O) groups excluding carboxylic acids is 2. The molecule has 2 atom stereocenters. The van der Waals surface area contributed by atoms with Crippen LogP contribution < -0.4 is 5.32 Å². The van der Waals surface area contributed by atoms with E-state index in [1.54, 1.807) is 36.0 Å². The molecule has 1 fully saturated rings. The lowest BCUT2D eigenvalue weighted by molar-refractivity contribution is -0.131. The van der Waals surface area contributed by atoms with Gasteiger partial charge >= 0.3 is 6.09 Å². The highest BCUT2D eigenvalue weighted by Crippen LogP contribution is 2.40. The van der Waals surface area contributed by atoms with Crippen molar-refractivity contribution >= 4 is 52.7 Å². The van der Waals surface area contributed by atoms with Gasteiger partial charge in [0, 0.05) is 15.7 Å². The molecular formula is C20H20Cl2N2O3S. The molecule has 0 aliphatic carbocycles. The number of halogens is 2. The Hall–Kier alpha value is -1.89. The Morgan fingerprint density at radius 3 is 2.39 bits per heavy atom. The largest absolute Gasteiger partial charge is 0.447 e. The molecule has 1 N–H and O–H groups in total. The van der Waals surface area contributed by atoms with Gasteiger partial charge in [-0.1, -0.05) is 42.3 Å². The summed E-state index contributed by atoms with van der Waals surface area (Å²) in [6, 6.07) is 14.0. The first-order chi connectivity index (χ1) is 13.5. The molecule has 8 heteroatoms. The summed E-state index contributed by atoms with van der Waals surface area (Å²) in [4.78, 5) is 26.4. The van der Waals surface area contributed by atoms with E-state index in [0.29, 0.717) is 27.9 Å². The minimum atomic E-state index is -0.567. The minimum absolute atomic E-state index is 0.0403. The van der Waals surface area contributed by atoms with Crippen LogP contribution in [0.2, 0.25) is 10.0 Å². The van der Waals surface area contributed by atoms with E-state index < -0.39 is 6.09 Å². The van der Waals surface area contributed by atoms with Crippen molar-refractivity contribution in [2.75, 3.05) is 17.7 Å². The Bertz CT molecular complexity index is 830. The Balaban J connectivity index is 1.63. The highest BCUT2D eigenvalue weighted by molar-refractivity contribution is 8.00. The zero-order valence-corrected chi connectivity index (χ0v) is 17.6. The maximum Gasteiger partial charge on any atom is 0.411 e. The molecule has 1 aliphatic rings. The van der Waals surface area contributed by atoms with Crippen LogP contribution in [0, 0.1) is 0 Å². The van der Waals surface area contributed by atoms with Crippen molar-refractivity contribution in [2.45, 2.75) is 24.8 Å². The van der Waals surface area contributed by atoms with Gasteiger partial charge in [0.25, 0.3) is 0 Å². The van der Waals surface area contributed by atoms with Gasteiger partial charge in [-0.2, -0.15) is 0 Å². The molecule has 0 unspecified atom stereocenters. The van der Waals surface area contributed by atoms with Gasteiger partial charge in [-0.3, -0.25) is 10.1 Å². The Morgan fingerprint density at radius 1 is 1.18 bits per heavy atom. The molecule has 2 amide bonds. The third-order valence-electron chi connectivity index (χ3n) is 4.42. The smallest absolute Gasteiger partial charge is 0.411 e. The first-order valence-electron chi connectivity index (χ1n) is 8.85. The van der Waals surface area contributed by atoms with Crippen molar-refractivity contribution in [3.63, 3.8) is 0 Å². The molecule has 0 bridgehead atoms. The molecule has 0 spiro atoms. The molecule has 1 aliphatic heterocycles. The number of hydrogen-bond donors (Lipinski definition) is 1. The monoisotopic (exact) mass is 438 g/mol. The molecule has 148 valence electrons. The fourth-order valence-corrected chi connectivity index (χ4v) is 4.47. The lowest BCUT2D eigenvalue weighted by Gasteiger charge is -2.32. The van der Waals surface area contributed by atoms with Crippen LogP contribution in [-0.4, -0.2) is 35.3 Å². The predicted octanol–water partition coefficient (Wildman–Crippen LogP) is 5.59. The van der Waals surface area contributed by atoms with E-state index in [9.17, 15) is 9.59 Å². The van der Waals surface area contributed by atoms with Crippen molar-refractivity contribution in [3.8, 4) is 0 Å². The number of rotatable bonds is 6. The zero-order valence-electron chi connectivity index (χ0n) is 15.2. The SMILES string of the molecule is CC[C@H](COC(=O)Nc1ccc(Cl)cc1)N1C(=O)CS[C@H]1c1ccc(Cl)cc1. The predicted molar refractivity (Wildman–Crippen MR) is 114 cm³/mol. The van der Waals surface area contributed by atoms with Gasteiger partial charge in [0.2, 0.25) is 5.91 Å². The molecular weight excluding hydrogens is 419 g/mol. The fourth-order valence-electron chi connectivity index (χ4n) is 2.97.